The first-order valence-electron chi connectivity index (χ1n) is 10.3. The number of carbonyl (C=O) groups is 1. The standard InChI is InChI=1S/C25H23Cl2NO4/c1-30-24(16-4-8-19(26)9-5-16)15-28-25(29)17-6-10-20(11-7-17)32-23-14-22-18(13-21(23)27)3-2-12-31-22/h4-11,13-14,24H,2-3,12,15H2,1H3,(H,28,29). The number of aryl methyl sites for hydroxylation is 1. The van der Waals surface area contributed by atoms with Crippen molar-refractivity contribution in [3.8, 4) is 17.2 Å². The Morgan fingerprint density at radius 3 is 2.56 bits per heavy atom. The third-order valence-electron chi connectivity index (χ3n) is 5.28. The van der Waals surface area contributed by atoms with E-state index in [1.807, 2.05) is 24.3 Å². The largest absolute Gasteiger partial charge is 0.493 e. The van der Waals surface area contributed by atoms with Crippen molar-refractivity contribution in [1.29, 1.82) is 0 Å². The van der Waals surface area contributed by atoms with Gasteiger partial charge in [0.25, 0.3) is 5.91 Å². The van der Waals surface area contributed by atoms with E-state index < -0.39 is 0 Å². The molecule has 0 bridgehead atoms. The van der Waals surface area contributed by atoms with Crippen LogP contribution < -0.4 is 14.8 Å². The molecule has 1 atom stereocenters. The van der Waals surface area contributed by atoms with E-state index >= 15 is 0 Å². The first kappa shape index (κ1) is 22.5. The Morgan fingerprint density at radius 1 is 1.09 bits per heavy atom. The topological polar surface area (TPSA) is 56.8 Å². The zero-order chi connectivity index (χ0) is 22.5. The number of methoxy groups -OCH3 is 1. The third-order valence-corrected chi connectivity index (χ3v) is 5.83. The zero-order valence-corrected chi connectivity index (χ0v) is 19.1. The van der Waals surface area contributed by atoms with Gasteiger partial charge in [-0.15, -0.1) is 0 Å². The van der Waals surface area contributed by atoms with Crippen molar-refractivity contribution in [2.45, 2.75) is 18.9 Å². The maximum absolute atomic E-state index is 12.6. The third kappa shape index (κ3) is 5.36. The molecule has 1 amide bonds. The lowest BCUT2D eigenvalue weighted by Crippen LogP contribution is -2.29. The van der Waals surface area contributed by atoms with Gasteiger partial charge in [0.1, 0.15) is 17.2 Å². The molecule has 0 saturated heterocycles. The summed E-state index contributed by atoms with van der Waals surface area (Å²) in [7, 11) is 1.61. The Hall–Kier alpha value is -2.73. The van der Waals surface area contributed by atoms with Gasteiger partial charge >= 0.3 is 0 Å². The number of carbonyl (C=O) groups excluding carboxylic acids is 1. The van der Waals surface area contributed by atoms with Gasteiger partial charge in [-0.05, 0) is 66.4 Å². The zero-order valence-electron chi connectivity index (χ0n) is 17.6. The molecule has 166 valence electrons. The van der Waals surface area contributed by atoms with Gasteiger partial charge in [0.2, 0.25) is 0 Å². The number of benzene rings is 3. The van der Waals surface area contributed by atoms with Crippen LogP contribution in [-0.4, -0.2) is 26.2 Å². The van der Waals surface area contributed by atoms with Gasteiger partial charge in [0.05, 0.1) is 17.7 Å². The maximum atomic E-state index is 12.6. The highest BCUT2D eigenvalue weighted by Crippen LogP contribution is 2.37. The van der Waals surface area contributed by atoms with Crippen molar-refractivity contribution in [2.24, 2.45) is 0 Å². The Labute approximate surface area is 197 Å². The quantitative estimate of drug-likeness (QED) is 0.443. The van der Waals surface area contributed by atoms with E-state index in [9.17, 15) is 4.79 Å². The molecule has 3 aromatic carbocycles. The van der Waals surface area contributed by atoms with Crippen LogP contribution >= 0.6 is 23.2 Å². The van der Waals surface area contributed by atoms with E-state index in [-0.39, 0.29) is 12.0 Å². The van der Waals surface area contributed by atoms with E-state index in [0.717, 1.165) is 29.7 Å². The lowest BCUT2D eigenvalue weighted by molar-refractivity contribution is 0.0828. The lowest BCUT2D eigenvalue weighted by Gasteiger charge is -2.19. The molecular weight excluding hydrogens is 449 g/mol. The highest BCUT2D eigenvalue weighted by atomic mass is 35.5. The van der Waals surface area contributed by atoms with Gasteiger partial charge in [0, 0.05) is 30.3 Å². The number of hydrogen-bond acceptors (Lipinski definition) is 4. The van der Waals surface area contributed by atoms with Crippen molar-refractivity contribution < 1.29 is 19.0 Å². The van der Waals surface area contributed by atoms with Crippen LogP contribution in [0.4, 0.5) is 0 Å². The average molecular weight is 472 g/mol. The fourth-order valence-electron chi connectivity index (χ4n) is 3.53. The Kier molecular flexibility index (Phi) is 7.20. The van der Waals surface area contributed by atoms with Gasteiger partial charge in [-0.25, -0.2) is 0 Å². The van der Waals surface area contributed by atoms with Crippen molar-refractivity contribution in [1.82, 2.24) is 5.32 Å². The molecule has 1 N–H and O–H groups in total. The fourth-order valence-corrected chi connectivity index (χ4v) is 3.88. The molecule has 0 radical (unpaired) electrons. The van der Waals surface area contributed by atoms with Crippen LogP contribution in [-0.2, 0) is 11.2 Å². The van der Waals surface area contributed by atoms with Crippen molar-refractivity contribution in [2.75, 3.05) is 20.3 Å². The number of ether oxygens (including phenoxy) is 3. The second-order valence-electron chi connectivity index (χ2n) is 7.45. The Balaban J connectivity index is 1.38. The highest BCUT2D eigenvalue weighted by molar-refractivity contribution is 6.32. The molecule has 5 nitrogen and oxygen atoms in total. The van der Waals surface area contributed by atoms with Crippen molar-refractivity contribution >= 4 is 29.1 Å². The summed E-state index contributed by atoms with van der Waals surface area (Å²) in [6, 6.07) is 17.9. The van der Waals surface area contributed by atoms with Crippen LogP contribution in [0.1, 0.15) is 34.0 Å². The molecular formula is C25H23Cl2NO4. The number of hydrogen-bond donors (Lipinski definition) is 1. The summed E-state index contributed by atoms with van der Waals surface area (Å²) in [5.41, 5.74) is 2.55. The van der Waals surface area contributed by atoms with Crippen molar-refractivity contribution in [3.63, 3.8) is 0 Å². The summed E-state index contributed by atoms with van der Waals surface area (Å²) in [5, 5.41) is 4.08. The molecule has 0 saturated carbocycles. The number of fused-ring (bicyclic) bond motifs is 1. The van der Waals surface area contributed by atoms with Gasteiger partial charge in [0.15, 0.2) is 0 Å². The summed E-state index contributed by atoms with van der Waals surface area (Å²) in [4.78, 5) is 12.6. The van der Waals surface area contributed by atoms with Crippen LogP contribution in [0, 0.1) is 0 Å². The van der Waals surface area contributed by atoms with E-state index in [4.69, 9.17) is 37.4 Å². The number of amides is 1. The number of rotatable bonds is 7. The Morgan fingerprint density at radius 2 is 1.84 bits per heavy atom. The minimum Gasteiger partial charge on any atom is -0.493 e. The van der Waals surface area contributed by atoms with Gasteiger partial charge in [-0.1, -0.05) is 35.3 Å². The number of nitrogens with one attached hydrogen (secondary N) is 1. The predicted molar refractivity (Wildman–Crippen MR) is 125 cm³/mol. The first-order valence-corrected chi connectivity index (χ1v) is 11.1. The second-order valence-corrected chi connectivity index (χ2v) is 8.30. The normalized spacial score (nSPS) is 13.6. The summed E-state index contributed by atoms with van der Waals surface area (Å²) >= 11 is 12.3. The van der Waals surface area contributed by atoms with E-state index in [0.29, 0.717) is 40.3 Å². The summed E-state index contributed by atoms with van der Waals surface area (Å²) in [6.07, 6.45) is 1.66. The van der Waals surface area contributed by atoms with E-state index in [1.165, 1.54) is 0 Å². The molecule has 32 heavy (non-hydrogen) atoms. The minimum atomic E-state index is -0.271. The highest BCUT2D eigenvalue weighted by Gasteiger charge is 2.16. The monoisotopic (exact) mass is 471 g/mol. The van der Waals surface area contributed by atoms with Gasteiger partial charge in [-0.3, -0.25) is 4.79 Å². The SMILES string of the molecule is COC(CNC(=O)c1ccc(Oc2cc3c(cc2Cl)CCCO3)cc1)c1ccc(Cl)cc1. The van der Waals surface area contributed by atoms with E-state index in [2.05, 4.69) is 5.32 Å². The van der Waals surface area contributed by atoms with Gasteiger partial charge in [-0.2, -0.15) is 0 Å². The molecule has 0 aromatic heterocycles. The van der Waals surface area contributed by atoms with Crippen LogP contribution in [0.5, 0.6) is 17.2 Å². The van der Waals surface area contributed by atoms with Crippen LogP contribution in [0.15, 0.2) is 60.7 Å². The molecule has 1 aliphatic rings. The first-order chi connectivity index (χ1) is 15.5. The average Bonchev–Trinajstić information content (AvgIpc) is 2.81. The van der Waals surface area contributed by atoms with Crippen LogP contribution in [0.3, 0.4) is 0 Å². The number of halogens is 2. The predicted octanol–water partition coefficient (Wildman–Crippen LogP) is 6.23. The van der Waals surface area contributed by atoms with Gasteiger partial charge < -0.3 is 19.5 Å². The second kappa shape index (κ2) is 10.3. The lowest BCUT2D eigenvalue weighted by atomic mass is 10.1. The molecule has 0 aliphatic carbocycles. The fraction of sp³-hybridized carbons (Fsp3) is 0.240. The molecule has 4 rings (SSSR count). The molecule has 1 heterocycles. The maximum Gasteiger partial charge on any atom is 0.251 e. The van der Waals surface area contributed by atoms with Crippen LogP contribution in [0.25, 0.3) is 0 Å². The summed E-state index contributed by atoms with van der Waals surface area (Å²) in [5.74, 6) is 1.71. The molecule has 7 heteroatoms. The van der Waals surface area contributed by atoms with Crippen molar-refractivity contribution in [3.05, 3.63) is 87.4 Å². The summed E-state index contributed by atoms with van der Waals surface area (Å²) < 4.78 is 17.1. The molecule has 0 spiro atoms. The molecule has 3 aromatic rings. The minimum absolute atomic E-state index is 0.201. The molecule has 0 fully saturated rings. The van der Waals surface area contributed by atoms with Crippen LogP contribution in [0.2, 0.25) is 10.0 Å². The summed E-state index contributed by atoms with van der Waals surface area (Å²) in [6.45, 7) is 1.03. The molecule has 1 aliphatic heterocycles. The smallest absolute Gasteiger partial charge is 0.251 e. The van der Waals surface area contributed by atoms with E-state index in [1.54, 1.807) is 43.5 Å². The molecule has 1 unspecified atom stereocenters. The Bertz CT molecular complexity index is 1080.